The quantitative estimate of drug-likeness (QED) is 0.567. The number of benzene rings is 2. The Hall–Kier alpha value is -3.52. The van der Waals surface area contributed by atoms with Crippen molar-refractivity contribution in [1.29, 1.82) is 0 Å². The number of carbonyl (C=O) groups excluding carboxylic acids is 4. The minimum Gasteiger partial charge on any atom is -0.469 e. The van der Waals surface area contributed by atoms with Crippen molar-refractivity contribution in [2.45, 2.75) is 25.4 Å². The highest BCUT2D eigenvalue weighted by molar-refractivity contribution is 6.22. The van der Waals surface area contributed by atoms with Crippen LogP contribution in [0, 0.1) is 0 Å². The molecule has 0 saturated carbocycles. The fraction of sp³-hybridized carbons (Fsp3) is 0.304. The van der Waals surface area contributed by atoms with E-state index in [1.807, 2.05) is 0 Å². The number of imide groups is 1. The molecule has 3 amide bonds. The number of nitrogens with one attached hydrogen (secondary N) is 1. The highest BCUT2D eigenvalue weighted by atomic mass is 16.5. The van der Waals surface area contributed by atoms with Crippen LogP contribution in [-0.4, -0.2) is 55.0 Å². The molecule has 0 spiro atoms. The zero-order chi connectivity index (χ0) is 22.0. The second-order valence-electron chi connectivity index (χ2n) is 7.52. The highest BCUT2D eigenvalue weighted by Crippen LogP contribution is 2.26. The molecule has 1 fully saturated rings. The van der Waals surface area contributed by atoms with Gasteiger partial charge in [0.1, 0.15) is 0 Å². The maximum absolute atomic E-state index is 12.8. The standard InChI is InChI=1S/C23H22N2O6/c1-30-20(26)11-14-4-7-16(8-5-14)24-21(27)15-6-9-18-19(12-15)23(29)25(22(18)28)13-17-3-2-10-31-17/h4-9,12,17H,2-3,10-11,13H2,1H3,(H,24,27)/t17-/m1/s1. The summed E-state index contributed by atoms with van der Waals surface area (Å²) in [4.78, 5) is 50.6. The van der Waals surface area contributed by atoms with Crippen LogP contribution in [0.25, 0.3) is 0 Å². The summed E-state index contributed by atoms with van der Waals surface area (Å²) in [6.45, 7) is 0.869. The fourth-order valence-electron chi connectivity index (χ4n) is 3.74. The van der Waals surface area contributed by atoms with Gasteiger partial charge >= 0.3 is 5.97 Å². The first kappa shape index (κ1) is 20.7. The first-order valence-electron chi connectivity index (χ1n) is 10.0. The van der Waals surface area contributed by atoms with E-state index in [-0.39, 0.29) is 42.1 Å². The smallest absolute Gasteiger partial charge is 0.309 e. The van der Waals surface area contributed by atoms with Gasteiger partial charge in [-0.3, -0.25) is 24.1 Å². The Morgan fingerprint density at radius 1 is 1.10 bits per heavy atom. The van der Waals surface area contributed by atoms with Gasteiger partial charge in [0.2, 0.25) is 0 Å². The van der Waals surface area contributed by atoms with Crippen molar-refractivity contribution in [1.82, 2.24) is 4.90 Å². The summed E-state index contributed by atoms with van der Waals surface area (Å²) >= 11 is 0. The molecule has 2 aromatic carbocycles. The molecule has 1 atom stereocenters. The van der Waals surface area contributed by atoms with Gasteiger partial charge in [-0.1, -0.05) is 12.1 Å². The predicted octanol–water partition coefficient (Wildman–Crippen LogP) is 2.43. The van der Waals surface area contributed by atoms with Crippen LogP contribution < -0.4 is 5.32 Å². The van der Waals surface area contributed by atoms with Crippen molar-refractivity contribution in [2.24, 2.45) is 0 Å². The van der Waals surface area contributed by atoms with Gasteiger partial charge in [-0.05, 0) is 48.7 Å². The summed E-state index contributed by atoms with van der Waals surface area (Å²) in [7, 11) is 1.33. The van der Waals surface area contributed by atoms with Gasteiger partial charge in [-0.15, -0.1) is 0 Å². The molecule has 0 bridgehead atoms. The zero-order valence-electron chi connectivity index (χ0n) is 17.1. The molecular weight excluding hydrogens is 400 g/mol. The van der Waals surface area contributed by atoms with E-state index >= 15 is 0 Å². The summed E-state index contributed by atoms with van der Waals surface area (Å²) < 4.78 is 10.2. The number of hydrogen-bond acceptors (Lipinski definition) is 6. The van der Waals surface area contributed by atoms with Crippen LogP contribution in [0.4, 0.5) is 5.69 Å². The van der Waals surface area contributed by atoms with Crippen LogP contribution in [0.2, 0.25) is 0 Å². The van der Waals surface area contributed by atoms with E-state index < -0.39 is 11.8 Å². The van der Waals surface area contributed by atoms with E-state index in [2.05, 4.69) is 10.1 Å². The normalized spacial score (nSPS) is 17.6. The van der Waals surface area contributed by atoms with Gasteiger partial charge in [0, 0.05) is 17.9 Å². The number of ether oxygens (including phenoxy) is 2. The predicted molar refractivity (Wildman–Crippen MR) is 111 cm³/mol. The van der Waals surface area contributed by atoms with Gasteiger partial charge < -0.3 is 14.8 Å². The summed E-state index contributed by atoms with van der Waals surface area (Å²) in [6.07, 6.45) is 1.75. The number of amides is 3. The molecule has 0 aromatic heterocycles. The maximum atomic E-state index is 12.8. The summed E-state index contributed by atoms with van der Waals surface area (Å²) in [5, 5.41) is 2.75. The third kappa shape index (κ3) is 4.34. The van der Waals surface area contributed by atoms with E-state index in [1.165, 1.54) is 30.2 Å². The van der Waals surface area contributed by atoms with Crippen LogP contribution in [0.15, 0.2) is 42.5 Å². The monoisotopic (exact) mass is 422 g/mol. The van der Waals surface area contributed by atoms with Gasteiger partial charge in [0.15, 0.2) is 0 Å². The van der Waals surface area contributed by atoms with E-state index in [9.17, 15) is 19.2 Å². The molecule has 1 N–H and O–H groups in total. The molecule has 0 aliphatic carbocycles. The third-order valence-electron chi connectivity index (χ3n) is 5.43. The second-order valence-corrected chi connectivity index (χ2v) is 7.52. The zero-order valence-corrected chi connectivity index (χ0v) is 17.1. The van der Waals surface area contributed by atoms with Crippen LogP contribution in [-0.2, 0) is 20.7 Å². The Balaban J connectivity index is 1.45. The Bertz CT molecular complexity index is 1040. The van der Waals surface area contributed by atoms with Gasteiger partial charge in [-0.2, -0.15) is 0 Å². The molecule has 2 aromatic rings. The number of esters is 1. The molecular formula is C23H22N2O6. The molecule has 8 heteroatoms. The van der Waals surface area contributed by atoms with E-state index in [1.54, 1.807) is 24.3 Å². The van der Waals surface area contributed by atoms with Crippen LogP contribution in [0.5, 0.6) is 0 Å². The molecule has 0 unspecified atom stereocenters. The molecule has 8 nitrogen and oxygen atoms in total. The average molecular weight is 422 g/mol. The van der Waals surface area contributed by atoms with Gasteiger partial charge in [0.05, 0.1) is 37.3 Å². The number of fused-ring (bicyclic) bond motifs is 1. The van der Waals surface area contributed by atoms with Crippen LogP contribution in [0.3, 0.4) is 0 Å². The largest absolute Gasteiger partial charge is 0.469 e. The number of nitrogens with zero attached hydrogens (tertiary/aromatic N) is 1. The summed E-state index contributed by atoms with van der Waals surface area (Å²) in [6, 6.07) is 11.3. The average Bonchev–Trinajstić information content (AvgIpc) is 3.38. The molecule has 2 aliphatic heterocycles. The molecule has 160 valence electrons. The van der Waals surface area contributed by atoms with Crippen molar-refractivity contribution >= 4 is 29.4 Å². The lowest BCUT2D eigenvalue weighted by Gasteiger charge is -2.17. The lowest BCUT2D eigenvalue weighted by Crippen LogP contribution is -2.36. The van der Waals surface area contributed by atoms with Crippen LogP contribution >= 0.6 is 0 Å². The fourth-order valence-corrected chi connectivity index (χ4v) is 3.74. The van der Waals surface area contributed by atoms with Crippen molar-refractivity contribution in [3.05, 3.63) is 64.7 Å². The second kappa shape index (κ2) is 8.69. The number of carbonyl (C=O) groups is 4. The lowest BCUT2D eigenvalue weighted by atomic mass is 10.1. The Kier molecular flexibility index (Phi) is 5.81. The molecule has 2 heterocycles. The van der Waals surface area contributed by atoms with E-state index in [0.29, 0.717) is 17.9 Å². The molecule has 1 saturated heterocycles. The Labute approximate surface area is 179 Å². The summed E-state index contributed by atoms with van der Waals surface area (Å²) in [5.74, 6) is -1.51. The minimum absolute atomic E-state index is 0.132. The van der Waals surface area contributed by atoms with E-state index in [4.69, 9.17) is 4.74 Å². The maximum Gasteiger partial charge on any atom is 0.309 e. The number of hydrogen-bond donors (Lipinski definition) is 1. The van der Waals surface area contributed by atoms with Crippen molar-refractivity contribution < 1.29 is 28.7 Å². The Morgan fingerprint density at radius 2 is 1.84 bits per heavy atom. The topological polar surface area (TPSA) is 102 Å². The first-order chi connectivity index (χ1) is 15.0. The Morgan fingerprint density at radius 3 is 2.52 bits per heavy atom. The number of rotatable bonds is 6. The van der Waals surface area contributed by atoms with Crippen molar-refractivity contribution in [3.8, 4) is 0 Å². The number of anilines is 1. The molecule has 31 heavy (non-hydrogen) atoms. The molecule has 2 aliphatic rings. The van der Waals surface area contributed by atoms with Crippen molar-refractivity contribution in [3.63, 3.8) is 0 Å². The molecule has 0 radical (unpaired) electrons. The number of methoxy groups -OCH3 is 1. The van der Waals surface area contributed by atoms with Crippen LogP contribution in [0.1, 0.15) is 49.5 Å². The highest BCUT2D eigenvalue weighted by Gasteiger charge is 2.37. The third-order valence-corrected chi connectivity index (χ3v) is 5.43. The molecule has 4 rings (SSSR count). The lowest BCUT2D eigenvalue weighted by molar-refractivity contribution is -0.139. The van der Waals surface area contributed by atoms with Crippen molar-refractivity contribution in [2.75, 3.05) is 25.6 Å². The minimum atomic E-state index is -0.405. The summed E-state index contributed by atoms with van der Waals surface area (Å²) in [5.41, 5.74) is 2.10. The SMILES string of the molecule is COC(=O)Cc1ccc(NC(=O)c2ccc3c(c2)C(=O)N(C[C@H]2CCCO2)C3=O)cc1. The van der Waals surface area contributed by atoms with Gasteiger partial charge in [-0.25, -0.2) is 0 Å². The first-order valence-corrected chi connectivity index (χ1v) is 10.0. The van der Waals surface area contributed by atoms with Gasteiger partial charge in [0.25, 0.3) is 17.7 Å². The van der Waals surface area contributed by atoms with E-state index in [0.717, 1.165) is 18.4 Å².